The molecule has 1 heterocycles. The molecule has 5 N–H and O–H groups in total. The fourth-order valence-corrected chi connectivity index (χ4v) is 1.88. The van der Waals surface area contributed by atoms with Crippen molar-refractivity contribution in [2.75, 3.05) is 18.2 Å². The second kappa shape index (κ2) is 5.77. The van der Waals surface area contributed by atoms with Crippen molar-refractivity contribution in [3.63, 3.8) is 0 Å². The minimum Gasteiger partial charge on any atom is -0.481 e. The summed E-state index contributed by atoms with van der Waals surface area (Å²) >= 11 is 6.24. The number of aromatic nitrogens is 1. The van der Waals surface area contributed by atoms with Gasteiger partial charge in [-0.1, -0.05) is 23.7 Å². The van der Waals surface area contributed by atoms with Gasteiger partial charge in [0.1, 0.15) is 0 Å². The lowest BCUT2D eigenvalue weighted by Gasteiger charge is -2.12. The molecule has 0 bridgehead atoms. The number of nitrogens with one attached hydrogen (secondary N) is 1. The Balaban J connectivity index is 2.36. The van der Waals surface area contributed by atoms with Crippen LogP contribution in [0.5, 0.6) is 5.88 Å². The first-order valence-electron chi connectivity index (χ1n) is 5.70. The number of nitrogens with zero attached hydrogens (tertiary/aromatic N) is 1. The molecule has 0 saturated heterocycles. The number of nitrogen functional groups attached to an aromatic ring is 1. The van der Waals surface area contributed by atoms with Crippen LogP contribution >= 0.6 is 11.6 Å². The molecule has 1 aromatic heterocycles. The Morgan fingerprint density at radius 2 is 2.11 bits per heavy atom. The van der Waals surface area contributed by atoms with Crippen LogP contribution in [0.2, 0.25) is 5.02 Å². The van der Waals surface area contributed by atoms with Crippen molar-refractivity contribution in [3.8, 4) is 5.88 Å². The van der Waals surface area contributed by atoms with Crippen LogP contribution in [0, 0.1) is 0 Å². The van der Waals surface area contributed by atoms with Crippen molar-refractivity contribution in [2.24, 2.45) is 5.73 Å². The topological polar surface area (TPSA) is 86.2 Å². The fourth-order valence-electron chi connectivity index (χ4n) is 1.63. The average molecular weight is 279 g/mol. The minimum absolute atomic E-state index is 0.370. The van der Waals surface area contributed by atoms with Crippen LogP contribution in [-0.4, -0.2) is 12.1 Å². The Hall–Kier alpha value is -1.98. The molecular weight excluding hydrogens is 264 g/mol. The Labute approximate surface area is 116 Å². The number of ether oxygens (including phenoxy) is 1. The van der Waals surface area contributed by atoms with Crippen molar-refractivity contribution in [3.05, 3.63) is 40.9 Å². The fraction of sp³-hybridized carbons (Fsp3) is 0.154. The van der Waals surface area contributed by atoms with E-state index in [9.17, 15) is 0 Å². The van der Waals surface area contributed by atoms with Gasteiger partial charge in [0.05, 0.1) is 23.5 Å². The van der Waals surface area contributed by atoms with Crippen LogP contribution in [0.25, 0.3) is 0 Å². The number of halogens is 1. The maximum Gasteiger partial charge on any atom is 0.215 e. The van der Waals surface area contributed by atoms with Crippen LogP contribution in [0.1, 0.15) is 5.56 Å². The molecule has 0 spiro atoms. The summed E-state index contributed by atoms with van der Waals surface area (Å²) in [6.45, 7) is 0.370. The van der Waals surface area contributed by atoms with Crippen LogP contribution in [-0.2, 0) is 6.54 Å². The van der Waals surface area contributed by atoms with Gasteiger partial charge in [-0.2, -0.15) is 4.98 Å². The summed E-state index contributed by atoms with van der Waals surface area (Å²) in [4.78, 5) is 4.23. The standard InChI is InChI=1S/C13H15ClN4O/c1-19-11-6-5-9(16)13(18-11)17-10-4-2-3-8(7-15)12(10)14/h2-6H,7,15-16H2,1H3,(H,17,18). The van der Waals surface area contributed by atoms with Crippen molar-refractivity contribution in [1.29, 1.82) is 0 Å². The minimum atomic E-state index is 0.370. The lowest BCUT2D eigenvalue weighted by Crippen LogP contribution is -2.03. The van der Waals surface area contributed by atoms with Crippen molar-refractivity contribution in [1.82, 2.24) is 4.98 Å². The second-order valence-corrected chi connectivity index (χ2v) is 4.28. The molecule has 1 aromatic carbocycles. The van der Waals surface area contributed by atoms with Gasteiger partial charge in [-0.3, -0.25) is 0 Å². The number of hydrogen-bond donors (Lipinski definition) is 3. The summed E-state index contributed by atoms with van der Waals surface area (Å²) in [5.74, 6) is 0.971. The SMILES string of the molecule is COc1ccc(N)c(Nc2cccc(CN)c2Cl)n1. The molecule has 5 nitrogen and oxygen atoms in total. The van der Waals surface area contributed by atoms with E-state index in [2.05, 4.69) is 10.3 Å². The third kappa shape index (κ3) is 2.89. The molecule has 0 radical (unpaired) electrons. The normalized spacial score (nSPS) is 10.3. The Morgan fingerprint density at radius 1 is 1.32 bits per heavy atom. The van der Waals surface area contributed by atoms with Gasteiger partial charge in [-0.15, -0.1) is 0 Å². The number of rotatable bonds is 4. The molecule has 6 heteroatoms. The summed E-state index contributed by atoms with van der Waals surface area (Å²) < 4.78 is 5.06. The van der Waals surface area contributed by atoms with Gasteiger partial charge in [0.25, 0.3) is 0 Å². The zero-order valence-corrected chi connectivity index (χ0v) is 11.2. The van der Waals surface area contributed by atoms with Gasteiger partial charge in [0.2, 0.25) is 5.88 Å². The highest BCUT2D eigenvalue weighted by atomic mass is 35.5. The van der Waals surface area contributed by atoms with Crippen molar-refractivity contribution < 1.29 is 4.74 Å². The quantitative estimate of drug-likeness (QED) is 0.800. The van der Waals surface area contributed by atoms with Gasteiger partial charge in [-0.25, -0.2) is 0 Å². The maximum absolute atomic E-state index is 6.24. The van der Waals surface area contributed by atoms with E-state index in [0.717, 1.165) is 5.56 Å². The third-order valence-corrected chi connectivity index (χ3v) is 3.11. The van der Waals surface area contributed by atoms with Crippen molar-refractivity contribution >= 4 is 28.8 Å². The van der Waals surface area contributed by atoms with Crippen LogP contribution in [0.15, 0.2) is 30.3 Å². The molecule has 2 rings (SSSR count). The smallest absolute Gasteiger partial charge is 0.215 e. The van der Waals surface area contributed by atoms with E-state index in [1.54, 1.807) is 19.2 Å². The summed E-state index contributed by atoms with van der Waals surface area (Å²) in [6.07, 6.45) is 0. The molecular formula is C13H15ClN4O. The lowest BCUT2D eigenvalue weighted by molar-refractivity contribution is 0.398. The number of benzene rings is 1. The second-order valence-electron chi connectivity index (χ2n) is 3.90. The molecule has 0 aliphatic carbocycles. The molecule has 0 atom stereocenters. The summed E-state index contributed by atoms with van der Waals surface area (Å²) in [6, 6.07) is 8.98. The number of methoxy groups -OCH3 is 1. The molecule has 100 valence electrons. The van der Waals surface area contributed by atoms with E-state index < -0.39 is 0 Å². The first kappa shape index (κ1) is 13.5. The van der Waals surface area contributed by atoms with E-state index in [1.165, 1.54) is 0 Å². The number of anilines is 3. The predicted molar refractivity (Wildman–Crippen MR) is 77.8 cm³/mol. The van der Waals surface area contributed by atoms with Gasteiger partial charge in [0, 0.05) is 12.6 Å². The van der Waals surface area contributed by atoms with E-state index in [0.29, 0.717) is 34.6 Å². The molecule has 0 amide bonds. The summed E-state index contributed by atoms with van der Waals surface area (Å²) in [7, 11) is 1.55. The largest absolute Gasteiger partial charge is 0.481 e. The molecule has 2 aromatic rings. The van der Waals surface area contributed by atoms with Crippen LogP contribution < -0.4 is 21.5 Å². The first-order chi connectivity index (χ1) is 9.15. The van der Waals surface area contributed by atoms with E-state index >= 15 is 0 Å². The molecule has 0 aliphatic rings. The number of pyridine rings is 1. The van der Waals surface area contributed by atoms with Gasteiger partial charge >= 0.3 is 0 Å². The number of nitrogens with two attached hydrogens (primary N) is 2. The van der Waals surface area contributed by atoms with Crippen LogP contribution in [0.4, 0.5) is 17.2 Å². The van der Waals surface area contributed by atoms with Crippen molar-refractivity contribution in [2.45, 2.75) is 6.54 Å². The molecule has 0 saturated carbocycles. The van der Waals surface area contributed by atoms with E-state index in [4.69, 9.17) is 27.8 Å². The monoisotopic (exact) mass is 278 g/mol. The number of hydrogen-bond acceptors (Lipinski definition) is 5. The molecule has 19 heavy (non-hydrogen) atoms. The summed E-state index contributed by atoms with van der Waals surface area (Å²) in [5, 5.41) is 3.65. The predicted octanol–water partition coefficient (Wildman–Crippen LogP) is 2.53. The first-order valence-corrected chi connectivity index (χ1v) is 6.08. The van der Waals surface area contributed by atoms with Gasteiger partial charge < -0.3 is 21.5 Å². The summed E-state index contributed by atoms with van der Waals surface area (Å²) in [5.41, 5.74) is 13.5. The Bertz CT molecular complexity index is 589. The van der Waals surface area contributed by atoms with Gasteiger partial charge in [-0.05, 0) is 17.7 Å². The zero-order valence-electron chi connectivity index (χ0n) is 10.5. The van der Waals surface area contributed by atoms with Crippen LogP contribution in [0.3, 0.4) is 0 Å². The third-order valence-electron chi connectivity index (χ3n) is 2.66. The molecule has 0 unspecified atom stereocenters. The Kier molecular flexibility index (Phi) is 4.09. The van der Waals surface area contributed by atoms with E-state index in [1.807, 2.05) is 18.2 Å². The molecule has 0 fully saturated rings. The zero-order chi connectivity index (χ0) is 13.8. The Morgan fingerprint density at radius 3 is 2.79 bits per heavy atom. The highest BCUT2D eigenvalue weighted by Crippen LogP contribution is 2.30. The maximum atomic E-state index is 6.24. The highest BCUT2D eigenvalue weighted by Gasteiger charge is 2.08. The molecule has 0 aliphatic heterocycles. The van der Waals surface area contributed by atoms with E-state index in [-0.39, 0.29) is 0 Å². The lowest BCUT2D eigenvalue weighted by atomic mass is 10.2. The average Bonchev–Trinajstić information content (AvgIpc) is 2.43. The van der Waals surface area contributed by atoms with Gasteiger partial charge in [0.15, 0.2) is 5.82 Å². The highest BCUT2D eigenvalue weighted by molar-refractivity contribution is 6.34.